The molecule has 1 unspecified atom stereocenters. The average Bonchev–Trinajstić information content (AvgIpc) is 2.26. The van der Waals surface area contributed by atoms with E-state index in [1.54, 1.807) is 6.08 Å². The van der Waals surface area contributed by atoms with Crippen LogP contribution in [-0.2, 0) is 0 Å². The lowest BCUT2D eigenvalue weighted by Crippen LogP contribution is -2.06. The molecule has 0 fully saturated rings. The predicted octanol–water partition coefficient (Wildman–Crippen LogP) is 4.38. The monoisotopic (exact) mass is 277 g/mol. The highest BCUT2D eigenvalue weighted by Gasteiger charge is 2.13. The average molecular weight is 277 g/mol. The van der Waals surface area contributed by atoms with Crippen molar-refractivity contribution < 1.29 is 27.0 Å². The topological polar surface area (TPSA) is 18.5 Å². The summed E-state index contributed by atoms with van der Waals surface area (Å²) in [4.78, 5) is 0. The molecule has 1 aromatic rings. The van der Waals surface area contributed by atoms with Gasteiger partial charge in [-0.1, -0.05) is 6.08 Å². The molecule has 2 nitrogen and oxygen atoms in total. The molecule has 1 rings (SSSR count). The Morgan fingerprint density at radius 2 is 1.47 bits per heavy atom. The van der Waals surface area contributed by atoms with Gasteiger partial charge in [0.1, 0.15) is 11.5 Å². The number of alkyl halides is 4. The van der Waals surface area contributed by atoms with Gasteiger partial charge in [0.25, 0.3) is 0 Å². The first-order valence-electron chi connectivity index (χ1n) is 5.41. The molecule has 0 spiro atoms. The van der Waals surface area contributed by atoms with Crippen LogP contribution < -0.4 is 9.47 Å². The van der Waals surface area contributed by atoms with Crippen molar-refractivity contribution in [1.29, 1.82) is 0 Å². The van der Waals surface area contributed by atoms with E-state index in [4.69, 9.17) is 0 Å². The van der Waals surface area contributed by atoms with Crippen molar-refractivity contribution >= 4 is 0 Å². The van der Waals surface area contributed by atoms with Crippen LogP contribution in [0.4, 0.5) is 17.6 Å². The third-order valence-corrected chi connectivity index (χ3v) is 2.28. The summed E-state index contributed by atoms with van der Waals surface area (Å²) < 4.78 is 57.0. The van der Waals surface area contributed by atoms with E-state index in [0.29, 0.717) is 12.0 Å². The molecule has 0 bridgehead atoms. The number of benzene rings is 1. The maximum absolute atomic E-state index is 12.2. The van der Waals surface area contributed by atoms with Gasteiger partial charge in [0.2, 0.25) is 0 Å². The SMILES string of the molecule is [CH2]C(CC=C)c1cc(OC(F)F)cc(OC(F)F)c1. The highest BCUT2D eigenvalue weighted by molar-refractivity contribution is 5.40. The Kier molecular flexibility index (Phi) is 5.66. The van der Waals surface area contributed by atoms with Crippen LogP contribution in [0.3, 0.4) is 0 Å². The minimum absolute atomic E-state index is 0.249. The smallest absolute Gasteiger partial charge is 0.387 e. The first-order chi connectivity index (χ1) is 8.92. The molecule has 0 aliphatic heterocycles. The van der Waals surface area contributed by atoms with Crippen LogP contribution in [0, 0.1) is 6.92 Å². The van der Waals surface area contributed by atoms with Crippen LogP contribution >= 0.6 is 0 Å². The van der Waals surface area contributed by atoms with Crippen LogP contribution in [0.1, 0.15) is 17.9 Å². The molecule has 0 aliphatic carbocycles. The molecule has 6 heteroatoms. The first-order valence-corrected chi connectivity index (χ1v) is 5.41. The van der Waals surface area contributed by atoms with Gasteiger partial charge in [-0.15, -0.1) is 6.58 Å². The second-order valence-electron chi connectivity index (χ2n) is 3.72. The van der Waals surface area contributed by atoms with Crippen LogP contribution in [-0.4, -0.2) is 13.2 Å². The summed E-state index contributed by atoms with van der Waals surface area (Å²) in [5.41, 5.74) is 0.453. The highest BCUT2D eigenvalue weighted by Crippen LogP contribution is 2.30. The molecule has 0 N–H and O–H groups in total. The normalized spacial score (nSPS) is 12.6. The van der Waals surface area contributed by atoms with E-state index < -0.39 is 13.2 Å². The van der Waals surface area contributed by atoms with E-state index in [9.17, 15) is 17.6 Å². The van der Waals surface area contributed by atoms with Gasteiger partial charge < -0.3 is 9.47 Å². The van der Waals surface area contributed by atoms with Crippen LogP contribution in [0.2, 0.25) is 0 Å². The van der Waals surface area contributed by atoms with Crippen molar-refractivity contribution in [2.24, 2.45) is 0 Å². The van der Waals surface area contributed by atoms with Crippen LogP contribution in [0.25, 0.3) is 0 Å². The van der Waals surface area contributed by atoms with Gasteiger partial charge in [0, 0.05) is 6.07 Å². The summed E-state index contributed by atoms with van der Waals surface area (Å²) in [5, 5.41) is 0. The van der Waals surface area contributed by atoms with E-state index in [-0.39, 0.29) is 17.4 Å². The van der Waals surface area contributed by atoms with E-state index >= 15 is 0 Å². The Morgan fingerprint density at radius 1 is 1.00 bits per heavy atom. The zero-order valence-electron chi connectivity index (χ0n) is 9.99. The molecule has 1 atom stereocenters. The summed E-state index contributed by atoms with van der Waals surface area (Å²) >= 11 is 0. The standard InChI is InChI=1S/C13H13F4O2/c1-3-4-8(2)9-5-10(18-12(14)15)7-11(6-9)19-13(16)17/h3,5-8,12-13H,1-2,4H2. The predicted molar refractivity (Wildman–Crippen MR) is 62.6 cm³/mol. The molecule has 0 amide bonds. The van der Waals surface area contributed by atoms with Crippen LogP contribution in [0.15, 0.2) is 30.9 Å². The Bertz CT molecular complexity index is 393. The first kappa shape index (κ1) is 15.3. The minimum Gasteiger partial charge on any atom is -0.435 e. The van der Waals surface area contributed by atoms with Crippen molar-refractivity contribution in [1.82, 2.24) is 0 Å². The number of halogens is 4. The molecule has 0 aromatic heterocycles. The van der Waals surface area contributed by atoms with Crippen molar-refractivity contribution in [2.75, 3.05) is 0 Å². The van der Waals surface area contributed by atoms with Crippen molar-refractivity contribution in [3.05, 3.63) is 43.3 Å². The molecular formula is C13H13F4O2. The minimum atomic E-state index is -3.04. The van der Waals surface area contributed by atoms with Gasteiger partial charge >= 0.3 is 13.2 Å². The summed E-state index contributed by atoms with van der Waals surface area (Å²) in [6, 6.07) is 3.60. The third kappa shape index (κ3) is 5.19. The Morgan fingerprint density at radius 3 is 1.84 bits per heavy atom. The summed E-state index contributed by atoms with van der Waals surface area (Å²) in [5.74, 6) is -0.819. The fourth-order valence-electron chi connectivity index (χ4n) is 1.51. The van der Waals surface area contributed by atoms with Gasteiger partial charge in [0.15, 0.2) is 0 Å². The number of rotatable bonds is 7. The van der Waals surface area contributed by atoms with Crippen molar-refractivity contribution in [2.45, 2.75) is 25.6 Å². The number of hydrogen-bond acceptors (Lipinski definition) is 2. The number of allylic oxidation sites excluding steroid dienone is 1. The fraction of sp³-hybridized carbons (Fsp3) is 0.308. The molecule has 1 aromatic carbocycles. The van der Waals surface area contributed by atoms with Gasteiger partial charge in [-0.05, 0) is 37.0 Å². The molecule has 0 heterocycles. The largest absolute Gasteiger partial charge is 0.435 e. The maximum atomic E-state index is 12.2. The molecule has 19 heavy (non-hydrogen) atoms. The second kappa shape index (κ2) is 7.01. The fourth-order valence-corrected chi connectivity index (χ4v) is 1.51. The Balaban J connectivity index is 3.04. The molecular weight excluding hydrogens is 264 g/mol. The van der Waals surface area contributed by atoms with Crippen LogP contribution in [0.5, 0.6) is 11.5 Å². The van der Waals surface area contributed by atoms with E-state index in [2.05, 4.69) is 23.0 Å². The summed E-state index contributed by atoms with van der Waals surface area (Å²) in [7, 11) is 0. The lowest BCUT2D eigenvalue weighted by atomic mass is 9.97. The maximum Gasteiger partial charge on any atom is 0.387 e. The Hall–Kier alpha value is -1.72. The molecule has 0 saturated carbocycles. The quantitative estimate of drug-likeness (QED) is 0.544. The lowest BCUT2D eigenvalue weighted by Gasteiger charge is -2.14. The third-order valence-electron chi connectivity index (χ3n) is 2.28. The summed E-state index contributed by atoms with van der Waals surface area (Å²) in [6.07, 6.45) is 2.05. The second-order valence-corrected chi connectivity index (χ2v) is 3.72. The van der Waals surface area contributed by atoms with E-state index in [0.717, 1.165) is 6.07 Å². The zero-order valence-corrected chi connectivity index (χ0v) is 9.99. The Labute approximate surface area is 108 Å². The van der Waals surface area contributed by atoms with Crippen molar-refractivity contribution in [3.63, 3.8) is 0 Å². The number of hydrogen-bond donors (Lipinski definition) is 0. The molecule has 105 valence electrons. The molecule has 0 aliphatic rings. The highest BCUT2D eigenvalue weighted by atomic mass is 19.3. The van der Waals surface area contributed by atoms with Gasteiger partial charge in [-0.2, -0.15) is 17.6 Å². The van der Waals surface area contributed by atoms with Gasteiger partial charge in [-0.3, -0.25) is 0 Å². The van der Waals surface area contributed by atoms with Gasteiger partial charge in [0.05, 0.1) is 0 Å². The van der Waals surface area contributed by atoms with Crippen molar-refractivity contribution in [3.8, 4) is 11.5 Å². The summed E-state index contributed by atoms with van der Waals surface area (Å²) in [6.45, 7) is 1.22. The molecule has 0 saturated heterocycles. The zero-order chi connectivity index (χ0) is 14.4. The molecule has 1 radical (unpaired) electrons. The van der Waals surface area contributed by atoms with E-state index in [1.807, 2.05) is 0 Å². The van der Waals surface area contributed by atoms with Gasteiger partial charge in [-0.25, -0.2) is 0 Å². The van der Waals surface area contributed by atoms with E-state index in [1.165, 1.54) is 12.1 Å². The number of ether oxygens (including phenoxy) is 2. The lowest BCUT2D eigenvalue weighted by molar-refractivity contribution is -0.0543.